The lowest BCUT2D eigenvalue weighted by atomic mass is 10.2. The van der Waals surface area contributed by atoms with Gasteiger partial charge in [0.25, 0.3) is 5.91 Å². The van der Waals surface area contributed by atoms with Crippen molar-refractivity contribution in [3.63, 3.8) is 0 Å². The van der Waals surface area contributed by atoms with Crippen LogP contribution in [0.3, 0.4) is 0 Å². The lowest BCUT2D eigenvalue weighted by Crippen LogP contribution is -2.35. The molecule has 6 heteroatoms. The van der Waals surface area contributed by atoms with E-state index in [9.17, 15) is 4.79 Å². The highest BCUT2D eigenvalue weighted by Crippen LogP contribution is 2.24. The third-order valence-corrected chi connectivity index (χ3v) is 4.93. The zero-order valence-electron chi connectivity index (χ0n) is 15.4. The Balaban J connectivity index is 1.37. The van der Waals surface area contributed by atoms with Crippen molar-refractivity contribution >= 4 is 23.2 Å². The molecule has 1 saturated heterocycles. The molecule has 0 unspecified atom stereocenters. The SMILES string of the molecule is O=C(Nc1ccc(CN2CCOCC2)cc1)c1ccc(-c2ccc(Cl)cc2)o1. The van der Waals surface area contributed by atoms with E-state index in [0.717, 1.165) is 44.1 Å². The minimum Gasteiger partial charge on any atom is -0.451 e. The number of furan rings is 1. The molecule has 1 aliphatic heterocycles. The van der Waals surface area contributed by atoms with Crippen molar-refractivity contribution in [3.05, 3.63) is 77.0 Å². The van der Waals surface area contributed by atoms with E-state index in [2.05, 4.69) is 10.2 Å². The quantitative estimate of drug-likeness (QED) is 0.680. The van der Waals surface area contributed by atoms with Crippen molar-refractivity contribution in [1.29, 1.82) is 0 Å². The van der Waals surface area contributed by atoms with E-state index >= 15 is 0 Å². The summed E-state index contributed by atoms with van der Waals surface area (Å²) < 4.78 is 11.1. The fourth-order valence-corrected chi connectivity index (χ4v) is 3.26. The lowest BCUT2D eigenvalue weighted by Gasteiger charge is -2.26. The first-order chi connectivity index (χ1) is 13.7. The van der Waals surface area contributed by atoms with Crippen molar-refractivity contribution in [1.82, 2.24) is 4.90 Å². The van der Waals surface area contributed by atoms with Gasteiger partial charge < -0.3 is 14.5 Å². The fraction of sp³-hybridized carbons (Fsp3) is 0.227. The van der Waals surface area contributed by atoms with Crippen LogP contribution in [0, 0.1) is 0 Å². The van der Waals surface area contributed by atoms with Gasteiger partial charge in [-0.2, -0.15) is 0 Å². The Labute approximate surface area is 168 Å². The molecule has 2 heterocycles. The first-order valence-corrected chi connectivity index (χ1v) is 9.61. The Hall–Kier alpha value is -2.60. The Morgan fingerprint density at radius 2 is 1.68 bits per heavy atom. The van der Waals surface area contributed by atoms with E-state index in [4.69, 9.17) is 20.8 Å². The van der Waals surface area contributed by atoms with Gasteiger partial charge in [0.05, 0.1) is 13.2 Å². The average molecular weight is 397 g/mol. The molecule has 3 aromatic rings. The number of hydrogen-bond donors (Lipinski definition) is 1. The van der Waals surface area contributed by atoms with Gasteiger partial charge in [0.2, 0.25) is 0 Å². The summed E-state index contributed by atoms with van der Waals surface area (Å²) in [7, 11) is 0. The zero-order valence-corrected chi connectivity index (χ0v) is 16.1. The maximum absolute atomic E-state index is 12.5. The van der Waals surface area contributed by atoms with Crippen molar-refractivity contribution in [3.8, 4) is 11.3 Å². The third kappa shape index (κ3) is 4.62. The molecule has 0 spiro atoms. The normalized spacial score (nSPS) is 14.8. The van der Waals surface area contributed by atoms with Crippen LogP contribution in [0.1, 0.15) is 16.1 Å². The van der Waals surface area contributed by atoms with E-state index < -0.39 is 0 Å². The number of nitrogens with zero attached hydrogens (tertiary/aromatic N) is 1. The van der Waals surface area contributed by atoms with Crippen LogP contribution < -0.4 is 5.32 Å². The van der Waals surface area contributed by atoms with E-state index in [-0.39, 0.29) is 11.7 Å². The molecular formula is C22H21ClN2O3. The molecule has 0 radical (unpaired) electrons. The van der Waals surface area contributed by atoms with Gasteiger partial charge in [-0.05, 0) is 54.1 Å². The number of carbonyl (C=O) groups is 1. The first kappa shape index (κ1) is 18.7. The van der Waals surface area contributed by atoms with Crippen LogP contribution in [0.5, 0.6) is 0 Å². The van der Waals surface area contributed by atoms with E-state index in [1.54, 1.807) is 24.3 Å². The number of nitrogens with one attached hydrogen (secondary N) is 1. The molecule has 144 valence electrons. The summed E-state index contributed by atoms with van der Waals surface area (Å²) >= 11 is 5.91. The molecule has 28 heavy (non-hydrogen) atoms. The maximum Gasteiger partial charge on any atom is 0.291 e. The highest BCUT2D eigenvalue weighted by atomic mass is 35.5. The molecule has 5 nitrogen and oxygen atoms in total. The molecule has 1 N–H and O–H groups in total. The predicted molar refractivity (Wildman–Crippen MR) is 110 cm³/mol. The zero-order chi connectivity index (χ0) is 19.3. The van der Waals surface area contributed by atoms with Crippen LogP contribution in [0.4, 0.5) is 5.69 Å². The Morgan fingerprint density at radius 3 is 2.39 bits per heavy atom. The van der Waals surface area contributed by atoms with Crippen LogP contribution in [0.2, 0.25) is 5.02 Å². The number of carbonyl (C=O) groups excluding carboxylic acids is 1. The highest BCUT2D eigenvalue weighted by molar-refractivity contribution is 6.30. The molecule has 1 amide bonds. The fourth-order valence-electron chi connectivity index (χ4n) is 3.13. The van der Waals surface area contributed by atoms with Crippen molar-refractivity contribution < 1.29 is 13.9 Å². The van der Waals surface area contributed by atoms with Gasteiger partial charge in [0.1, 0.15) is 5.76 Å². The predicted octanol–water partition coefficient (Wildman–Crippen LogP) is 4.68. The summed E-state index contributed by atoms with van der Waals surface area (Å²) in [6, 6.07) is 18.6. The lowest BCUT2D eigenvalue weighted by molar-refractivity contribution is 0.0342. The first-order valence-electron chi connectivity index (χ1n) is 9.23. The standard InChI is InChI=1S/C22H21ClN2O3/c23-18-5-3-17(4-6-18)20-9-10-21(28-20)22(26)24-19-7-1-16(2-8-19)15-25-11-13-27-14-12-25/h1-10H,11-15H2,(H,24,26). The van der Waals surface area contributed by atoms with Gasteiger partial charge in [0.15, 0.2) is 5.76 Å². The van der Waals surface area contributed by atoms with Crippen molar-refractivity contribution in [2.45, 2.75) is 6.54 Å². The molecule has 1 fully saturated rings. The molecule has 1 aromatic heterocycles. The number of ether oxygens (including phenoxy) is 1. The Bertz CT molecular complexity index is 929. The van der Waals surface area contributed by atoms with Crippen LogP contribution in [-0.4, -0.2) is 37.1 Å². The molecule has 2 aromatic carbocycles. The number of hydrogen-bond acceptors (Lipinski definition) is 4. The van der Waals surface area contributed by atoms with Gasteiger partial charge >= 0.3 is 0 Å². The Morgan fingerprint density at radius 1 is 0.964 bits per heavy atom. The van der Waals surface area contributed by atoms with Gasteiger partial charge in [-0.15, -0.1) is 0 Å². The van der Waals surface area contributed by atoms with Gasteiger partial charge in [0, 0.05) is 35.9 Å². The molecule has 0 aliphatic carbocycles. The van der Waals surface area contributed by atoms with Crippen LogP contribution in [0.25, 0.3) is 11.3 Å². The maximum atomic E-state index is 12.5. The molecule has 0 saturated carbocycles. The van der Waals surface area contributed by atoms with Crippen molar-refractivity contribution in [2.24, 2.45) is 0 Å². The summed E-state index contributed by atoms with van der Waals surface area (Å²) in [5.74, 6) is 0.617. The molecular weight excluding hydrogens is 376 g/mol. The number of rotatable bonds is 5. The Kier molecular flexibility index (Phi) is 5.76. The third-order valence-electron chi connectivity index (χ3n) is 4.68. The minimum atomic E-state index is -0.277. The van der Waals surface area contributed by atoms with E-state index in [0.29, 0.717) is 10.8 Å². The average Bonchev–Trinajstić information content (AvgIpc) is 3.21. The summed E-state index contributed by atoms with van der Waals surface area (Å²) in [4.78, 5) is 14.8. The number of halogens is 1. The van der Waals surface area contributed by atoms with Crippen LogP contribution in [0.15, 0.2) is 65.1 Å². The summed E-state index contributed by atoms with van der Waals surface area (Å²) in [5.41, 5.74) is 2.82. The second-order valence-corrected chi connectivity index (χ2v) is 7.15. The van der Waals surface area contributed by atoms with Crippen LogP contribution >= 0.6 is 11.6 Å². The van der Waals surface area contributed by atoms with E-state index in [1.165, 1.54) is 5.56 Å². The van der Waals surface area contributed by atoms with Crippen molar-refractivity contribution in [2.75, 3.05) is 31.6 Å². The summed E-state index contributed by atoms with van der Waals surface area (Å²) in [5, 5.41) is 3.53. The number of anilines is 1. The topological polar surface area (TPSA) is 54.7 Å². The van der Waals surface area contributed by atoms with Gasteiger partial charge in [-0.25, -0.2) is 0 Å². The largest absolute Gasteiger partial charge is 0.451 e. The van der Waals surface area contributed by atoms with E-state index in [1.807, 2.05) is 36.4 Å². The minimum absolute atomic E-state index is 0.266. The monoisotopic (exact) mass is 396 g/mol. The van der Waals surface area contributed by atoms with Gasteiger partial charge in [-0.3, -0.25) is 9.69 Å². The highest BCUT2D eigenvalue weighted by Gasteiger charge is 2.14. The van der Waals surface area contributed by atoms with Crippen LogP contribution in [-0.2, 0) is 11.3 Å². The molecule has 0 bridgehead atoms. The second-order valence-electron chi connectivity index (χ2n) is 6.71. The summed E-state index contributed by atoms with van der Waals surface area (Å²) in [6.45, 7) is 4.37. The number of morpholine rings is 1. The second kappa shape index (κ2) is 8.61. The summed E-state index contributed by atoms with van der Waals surface area (Å²) in [6.07, 6.45) is 0. The molecule has 1 aliphatic rings. The number of amides is 1. The number of benzene rings is 2. The molecule has 4 rings (SSSR count). The smallest absolute Gasteiger partial charge is 0.291 e. The molecule has 0 atom stereocenters. The van der Waals surface area contributed by atoms with Gasteiger partial charge in [-0.1, -0.05) is 23.7 Å².